The molecule has 3 aromatic carbocycles. The van der Waals surface area contributed by atoms with E-state index in [0.29, 0.717) is 23.6 Å². The molecule has 3 aromatic rings. The SMILES string of the molecule is Cl.Fc1cccc(CNC2=NC(c3cccc(F)c3)C(c3cccc(F)c3)N2)c1. The van der Waals surface area contributed by atoms with Gasteiger partial charge in [-0.05, 0) is 53.1 Å². The second kappa shape index (κ2) is 9.01. The van der Waals surface area contributed by atoms with Crippen molar-refractivity contribution >= 4 is 18.4 Å². The number of benzene rings is 3. The molecule has 7 heteroatoms. The number of nitrogens with zero attached hydrogens (tertiary/aromatic N) is 1. The van der Waals surface area contributed by atoms with Gasteiger partial charge in [0.1, 0.15) is 23.5 Å². The summed E-state index contributed by atoms with van der Waals surface area (Å²) in [4.78, 5) is 4.64. The average molecular weight is 418 g/mol. The highest BCUT2D eigenvalue weighted by atomic mass is 35.5. The fourth-order valence-corrected chi connectivity index (χ4v) is 3.33. The van der Waals surface area contributed by atoms with Gasteiger partial charge in [0.25, 0.3) is 0 Å². The summed E-state index contributed by atoms with van der Waals surface area (Å²) < 4.78 is 40.8. The second-order valence-corrected chi connectivity index (χ2v) is 6.64. The van der Waals surface area contributed by atoms with Gasteiger partial charge in [0.05, 0.1) is 6.04 Å². The minimum atomic E-state index is -0.424. The predicted octanol–water partition coefficient (Wildman–Crippen LogP) is 5.06. The van der Waals surface area contributed by atoms with Crippen molar-refractivity contribution in [1.29, 1.82) is 0 Å². The topological polar surface area (TPSA) is 36.4 Å². The summed E-state index contributed by atoms with van der Waals surface area (Å²) in [6, 6.07) is 18.0. The smallest absolute Gasteiger partial charge is 0.192 e. The van der Waals surface area contributed by atoms with Crippen molar-refractivity contribution in [2.45, 2.75) is 18.6 Å². The predicted molar refractivity (Wildman–Crippen MR) is 109 cm³/mol. The van der Waals surface area contributed by atoms with Gasteiger partial charge in [-0.1, -0.05) is 36.4 Å². The van der Waals surface area contributed by atoms with E-state index in [2.05, 4.69) is 15.6 Å². The molecule has 4 rings (SSSR count). The van der Waals surface area contributed by atoms with E-state index in [1.807, 2.05) is 0 Å². The fourth-order valence-electron chi connectivity index (χ4n) is 3.33. The van der Waals surface area contributed by atoms with Crippen molar-refractivity contribution in [2.75, 3.05) is 0 Å². The van der Waals surface area contributed by atoms with Crippen molar-refractivity contribution < 1.29 is 13.2 Å². The lowest BCUT2D eigenvalue weighted by Gasteiger charge is -2.19. The first-order chi connectivity index (χ1) is 13.6. The first kappa shape index (κ1) is 20.7. The molecule has 0 radical (unpaired) electrons. The summed E-state index contributed by atoms with van der Waals surface area (Å²) in [5.74, 6) is -0.519. The molecule has 1 aliphatic rings. The van der Waals surface area contributed by atoms with Crippen LogP contribution in [-0.2, 0) is 6.54 Å². The lowest BCUT2D eigenvalue weighted by molar-refractivity contribution is 0.554. The third-order valence-electron chi connectivity index (χ3n) is 4.62. The highest BCUT2D eigenvalue weighted by Crippen LogP contribution is 2.36. The van der Waals surface area contributed by atoms with Crippen LogP contribution in [0.2, 0.25) is 0 Å². The first-order valence-corrected chi connectivity index (χ1v) is 8.92. The summed E-state index contributed by atoms with van der Waals surface area (Å²) >= 11 is 0. The molecule has 150 valence electrons. The summed E-state index contributed by atoms with van der Waals surface area (Å²) in [5, 5.41) is 6.38. The van der Waals surface area contributed by atoms with Crippen LogP contribution in [-0.4, -0.2) is 5.96 Å². The number of halogens is 4. The third kappa shape index (κ3) is 4.90. The van der Waals surface area contributed by atoms with Gasteiger partial charge in [0.15, 0.2) is 5.96 Å². The molecule has 2 unspecified atom stereocenters. The zero-order valence-electron chi connectivity index (χ0n) is 15.3. The van der Waals surface area contributed by atoms with Gasteiger partial charge in [-0.25, -0.2) is 18.2 Å². The number of hydrogen-bond acceptors (Lipinski definition) is 3. The molecule has 0 amide bonds. The van der Waals surface area contributed by atoms with Gasteiger partial charge in [-0.3, -0.25) is 0 Å². The fraction of sp³-hybridized carbons (Fsp3) is 0.136. The Morgan fingerprint density at radius 2 is 1.38 bits per heavy atom. The first-order valence-electron chi connectivity index (χ1n) is 8.92. The molecular weight excluding hydrogens is 399 g/mol. The van der Waals surface area contributed by atoms with Crippen LogP contribution < -0.4 is 10.6 Å². The molecule has 2 N–H and O–H groups in total. The van der Waals surface area contributed by atoms with Gasteiger partial charge < -0.3 is 10.6 Å². The molecule has 1 aliphatic heterocycles. The Labute approximate surface area is 173 Å². The molecule has 0 bridgehead atoms. The molecule has 3 nitrogen and oxygen atoms in total. The Bertz CT molecular complexity index is 1030. The number of nitrogens with one attached hydrogen (secondary N) is 2. The standard InChI is InChI=1S/C22H18F3N3.ClH/c23-17-7-1-4-14(10-17)13-26-22-27-20(15-5-2-8-18(24)11-15)21(28-22)16-6-3-9-19(25)12-16;/h1-12,20-21H,13H2,(H2,26,27,28);1H. The van der Waals surface area contributed by atoms with Gasteiger partial charge in [-0.15, -0.1) is 12.4 Å². The maximum Gasteiger partial charge on any atom is 0.192 e. The minimum Gasteiger partial charge on any atom is -0.352 e. The van der Waals surface area contributed by atoms with Gasteiger partial charge in [0.2, 0.25) is 0 Å². The van der Waals surface area contributed by atoms with Crippen LogP contribution in [0.5, 0.6) is 0 Å². The minimum absolute atomic E-state index is 0. The van der Waals surface area contributed by atoms with E-state index in [1.165, 1.54) is 36.4 Å². The zero-order valence-corrected chi connectivity index (χ0v) is 16.1. The van der Waals surface area contributed by atoms with Crippen molar-refractivity contribution in [3.8, 4) is 0 Å². The second-order valence-electron chi connectivity index (χ2n) is 6.64. The van der Waals surface area contributed by atoms with Crippen LogP contribution in [0, 0.1) is 17.5 Å². The number of hydrogen-bond donors (Lipinski definition) is 2. The number of guanidine groups is 1. The van der Waals surface area contributed by atoms with Crippen LogP contribution in [0.1, 0.15) is 28.8 Å². The zero-order chi connectivity index (χ0) is 19.5. The Balaban J connectivity index is 0.00000240. The van der Waals surface area contributed by atoms with E-state index in [0.717, 1.165) is 5.56 Å². The van der Waals surface area contributed by atoms with Crippen molar-refractivity contribution in [1.82, 2.24) is 10.6 Å². The van der Waals surface area contributed by atoms with Crippen LogP contribution in [0.3, 0.4) is 0 Å². The maximum atomic E-state index is 13.7. The van der Waals surface area contributed by atoms with E-state index in [9.17, 15) is 13.2 Å². The molecule has 2 atom stereocenters. The van der Waals surface area contributed by atoms with E-state index in [1.54, 1.807) is 36.4 Å². The van der Waals surface area contributed by atoms with Crippen molar-refractivity contribution in [3.63, 3.8) is 0 Å². The summed E-state index contributed by atoms with van der Waals surface area (Å²) in [6.45, 7) is 0.370. The van der Waals surface area contributed by atoms with Gasteiger partial charge in [-0.2, -0.15) is 0 Å². The van der Waals surface area contributed by atoms with Gasteiger partial charge >= 0.3 is 0 Å². The highest BCUT2D eigenvalue weighted by molar-refractivity contribution is 5.85. The highest BCUT2D eigenvalue weighted by Gasteiger charge is 2.31. The Kier molecular flexibility index (Phi) is 6.44. The molecule has 1 heterocycles. The number of aliphatic imine (C=N–C) groups is 1. The Hall–Kier alpha value is -2.99. The van der Waals surface area contributed by atoms with E-state index >= 15 is 0 Å². The molecule has 0 fully saturated rings. The van der Waals surface area contributed by atoms with E-state index in [-0.39, 0.29) is 35.9 Å². The summed E-state index contributed by atoms with van der Waals surface area (Å²) in [7, 11) is 0. The van der Waals surface area contributed by atoms with Crippen LogP contribution in [0.25, 0.3) is 0 Å². The van der Waals surface area contributed by atoms with Crippen LogP contribution in [0.15, 0.2) is 77.8 Å². The molecule has 0 aromatic heterocycles. The van der Waals surface area contributed by atoms with Gasteiger partial charge in [0, 0.05) is 6.54 Å². The third-order valence-corrected chi connectivity index (χ3v) is 4.62. The van der Waals surface area contributed by atoms with E-state index < -0.39 is 6.04 Å². The lowest BCUT2D eigenvalue weighted by Crippen LogP contribution is -2.35. The van der Waals surface area contributed by atoms with Crippen molar-refractivity contribution in [2.24, 2.45) is 4.99 Å². The largest absolute Gasteiger partial charge is 0.352 e. The number of rotatable bonds is 4. The average Bonchev–Trinajstić information content (AvgIpc) is 3.11. The summed E-state index contributed by atoms with van der Waals surface area (Å²) in [6.07, 6.45) is 0. The molecule has 0 saturated heterocycles. The lowest BCUT2D eigenvalue weighted by atomic mass is 9.95. The quantitative estimate of drug-likeness (QED) is 0.622. The molecule has 29 heavy (non-hydrogen) atoms. The molecule has 0 aliphatic carbocycles. The van der Waals surface area contributed by atoms with Crippen LogP contribution >= 0.6 is 12.4 Å². The normalized spacial score (nSPS) is 17.8. The Morgan fingerprint density at radius 1 is 0.793 bits per heavy atom. The van der Waals surface area contributed by atoms with Crippen LogP contribution in [0.4, 0.5) is 13.2 Å². The Morgan fingerprint density at radius 3 is 2.03 bits per heavy atom. The van der Waals surface area contributed by atoms with Crippen molar-refractivity contribution in [3.05, 3.63) is 107 Å². The summed E-state index contributed by atoms with van der Waals surface area (Å²) in [5.41, 5.74) is 2.16. The van der Waals surface area contributed by atoms with E-state index in [4.69, 9.17) is 0 Å². The monoisotopic (exact) mass is 417 g/mol. The molecule has 0 saturated carbocycles. The molecule has 0 spiro atoms. The molecular formula is C22H19ClF3N3. The maximum absolute atomic E-state index is 13.7.